The summed E-state index contributed by atoms with van der Waals surface area (Å²) in [6, 6.07) is 9.61. The number of nitrogens with one attached hydrogen (secondary N) is 1. The standard InChI is InChI=1S/C7H9N3.CH4O/c8-6-9-10-7-4-2-1-3-5-7;1-2/h1-6,10H,(H2,8,9);2H,1H3. The maximum atomic E-state index is 7.00. The largest absolute Gasteiger partial charge is 0.400 e. The van der Waals surface area contributed by atoms with Gasteiger partial charge in [-0.15, -0.1) is 0 Å². The highest BCUT2D eigenvalue weighted by molar-refractivity contribution is 5.54. The Hall–Kier alpha value is -1.55. The molecule has 0 atom stereocenters. The van der Waals surface area contributed by atoms with Crippen molar-refractivity contribution in [2.75, 3.05) is 12.5 Å². The number of aliphatic hydroxyl groups excluding tert-OH is 1. The van der Waals surface area contributed by atoms with Crippen LogP contribution in [0.25, 0.3) is 0 Å². The summed E-state index contributed by atoms with van der Waals surface area (Å²) in [6.45, 7) is 0. The van der Waals surface area contributed by atoms with Crippen LogP contribution < -0.4 is 11.2 Å². The van der Waals surface area contributed by atoms with Gasteiger partial charge < -0.3 is 10.8 Å². The summed E-state index contributed by atoms with van der Waals surface area (Å²) in [5, 5.41) is 10.6. The van der Waals surface area contributed by atoms with Crippen LogP contribution in [0.15, 0.2) is 35.4 Å². The summed E-state index contributed by atoms with van der Waals surface area (Å²) in [6.07, 6.45) is 1.22. The average molecular weight is 167 g/mol. The molecule has 0 aliphatic rings. The molecule has 12 heavy (non-hydrogen) atoms. The van der Waals surface area contributed by atoms with Crippen LogP contribution in [-0.2, 0) is 0 Å². The molecule has 0 fully saturated rings. The van der Waals surface area contributed by atoms with Crippen molar-refractivity contribution in [2.45, 2.75) is 0 Å². The molecule has 0 aromatic heterocycles. The Balaban J connectivity index is 0.000000561. The van der Waals surface area contributed by atoms with Crippen molar-refractivity contribution in [3.8, 4) is 0 Å². The third-order valence-corrected chi connectivity index (χ3v) is 1.04. The monoisotopic (exact) mass is 167 g/mol. The molecule has 66 valence electrons. The molecule has 0 bridgehead atoms. The van der Waals surface area contributed by atoms with Gasteiger partial charge in [0.15, 0.2) is 0 Å². The second-order valence-electron chi connectivity index (χ2n) is 1.76. The van der Waals surface area contributed by atoms with Crippen molar-refractivity contribution in [1.29, 1.82) is 0 Å². The number of nitrogens with two attached hydrogens (primary N) is 1. The van der Waals surface area contributed by atoms with E-state index in [-0.39, 0.29) is 0 Å². The predicted molar refractivity (Wildman–Crippen MR) is 50.9 cm³/mol. The van der Waals surface area contributed by atoms with Crippen LogP contribution in [-0.4, -0.2) is 18.6 Å². The number of rotatable bonds is 2. The van der Waals surface area contributed by atoms with Gasteiger partial charge in [-0.25, -0.2) is 0 Å². The first kappa shape index (κ1) is 10.4. The summed E-state index contributed by atoms with van der Waals surface area (Å²) in [5.74, 6) is 0. The number of benzene rings is 1. The van der Waals surface area contributed by atoms with Crippen molar-refractivity contribution in [1.82, 2.24) is 0 Å². The Labute approximate surface area is 71.7 Å². The number of hydrogen-bond donors (Lipinski definition) is 3. The maximum Gasteiger partial charge on any atom is 0.106 e. The van der Waals surface area contributed by atoms with Crippen LogP contribution in [0.4, 0.5) is 5.69 Å². The first-order chi connectivity index (χ1) is 5.93. The fourth-order valence-corrected chi connectivity index (χ4v) is 0.624. The van der Waals surface area contributed by atoms with Gasteiger partial charge in [0.25, 0.3) is 0 Å². The lowest BCUT2D eigenvalue weighted by molar-refractivity contribution is 0.399. The van der Waals surface area contributed by atoms with Gasteiger partial charge in [-0.1, -0.05) is 18.2 Å². The van der Waals surface area contributed by atoms with Crippen LogP contribution >= 0.6 is 0 Å². The van der Waals surface area contributed by atoms with E-state index in [0.717, 1.165) is 12.8 Å². The minimum atomic E-state index is 0.934. The van der Waals surface area contributed by atoms with E-state index in [4.69, 9.17) is 10.8 Å². The van der Waals surface area contributed by atoms with Crippen molar-refractivity contribution in [3.05, 3.63) is 30.3 Å². The lowest BCUT2D eigenvalue weighted by Gasteiger charge is -1.95. The van der Waals surface area contributed by atoms with Gasteiger partial charge >= 0.3 is 0 Å². The molecule has 1 aromatic carbocycles. The van der Waals surface area contributed by atoms with Crippen molar-refractivity contribution in [3.63, 3.8) is 0 Å². The zero-order valence-electron chi connectivity index (χ0n) is 6.94. The van der Waals surface area contributed by atoms with Crippen LogP contribution in [0.5, 0.6) is 0 Å². The summed E-state index contributed by atoms with van der Waals surface area (Å²) in [4.78, 5) is 0. The first-order valence-corrected chi connectivity index (χ1v) is 3.42. The Morgan fingerprint density at radius 1 is 1.33 bits per heavy atom. The van der Waals surface area contributed by atoms with E-state index in [1.54, 1.807) is 0 Å². The molecule has 0 aliphatic heterocycles. The topological polar surface area (TPSA) is 70.6 Å². The molecule has 1 aromatic rings. The molecule has 4 nitrogen and oxygen atoms in total. The molecule has 0 radical (unpaired) electrons. The average Bonchev–Trinajstić information content (AvgIpc) is 2.19. The van der Waals surface area contributed by atoms with Gasteiger partial charge in [-0.2, -0.15) is 5.10 Å². The molecular weight excluding hydrogens is 154 g/mol. The Morgan fingerprint density at radius 3 is 2.42 bits per heavy atom. The molecule has 0 saturated carbocycles. The summed E-state index contributed by atoms with van der Waals surface area (Å²) in [7, 11) is 1.00. The van der Waals surface area contributed by atoms with E-state index in [1.165, 1.54) is 6.34 Å². The van der Waals surface area contributed by atoms with Gasteiger partial charge in [0.1, 0.15) is 6.34 Å². The molecule has 4 N–H and O–H groups in total. The van der Waals surface area contributed by atoms with Crippen LogP contribution in [0, 0.1) is 0 Å². The van der Waals surface area contributed by atoms with E-state index >= 15 is 0 Å². The molecule has 0 amide bonds. The van der Waals surface area contributed by atoms with Crippen molar-refractivity contribution >= 4 is 12.0 Å². The van der Waals surface area contributed by atoms with E-state index < -0.39 is 0 Å². The fourth-order valence-electron chi connectivity index (χ4n) is 0.624. The highest BCUT2D eigenvalue weighted by Crippen LogP contribution is 2.03. The van der Waals surface area contributed by atoms with Crippen LogP contribution in [0.3, 0.4) is 0 Å². The van der Waals surface area contributed by atoms with Gasteiger partial charge in [0.2, 0.25) is 0 Å². The molecule has 0 unspecified atom stereocenters. The third kappa shape index (κ3) is 4.29. The quantitative estimate of drug-likeness (QED) is 0.343. The fraction of sp³-hybridized carbons (Fsp3) is 0.125. The second kappa shape index (κ2) is 7.56. The zero-order chi connectivity index (χ0) is 9.23. The summed E-state index contributed by atoms with van der Waals surface area (Å²) in [5.41, 5.74) is 8.70. The Morgan fingerprint density at radius 2 is 1.92 bits per heavy atom. The third-order valence-electron chi connectivity index (χ3n) is 1.04. The van der Waals surface area contributed by atoms with Gasteiger partial charge in [-0.3, -0.25) is 5.43 Å². The molecule has 1 rings (SSSR count). The number of nitrogens with zero attached hydrogens (tertiary/aromatic N) is 1. The summed E-state index contributed by atoms with van der Waals surface area (Å²) < 4.78 is 0. The normalized spacial score (nSPS) is 8.83. The first-order valence-electron chi connectivity index (χ1n) is 3.42. The molecular formula is C8H13N3O. The van der Waals surface area contributed by atoms with E-state index in [0.29, 0.717) is 0 Å². The lowest BCUT2D eigenvalue weighted by Crippen LogP contribution is -1.94. The molecule has 4 heteroatoms. The van der Waals surface area contributed by atoms with Gasteiger partial charge in [0.05, 0.1) is 5.69 Å². The number of para-hydroxylation sites is 1. The lowest BCUT2D eigenvalue weighted by atomic mass is 10.3. The van der Waals surface area contributed by atoms with E-state index in [9.17, 15) is 0 Å². The summed E-state index contributed by atoms with van der Waals surface area (Å²) >= 11 is 0. The minimum Gasteiger partial charge on any atom is -0.400 e. The zero-order valence-corrected chi connectivity index (χ0v) is 6.94. The van der Waals surface area contributed by atoms with Gasteiger partial charge in [-0.05, 0) is 12.1 Å². The number of aliphatic hydroxyl groups is 1. The minimum absolute atomic E-state index is 0.934. The molecule has 0 saturated heterocycles. The Bertz CT molecular complexity index is 211. The highest BCUT2D eigenvalue weighted by Gasteiger charge is 1.81. The highest BCUT2D eigenvalue weighted by atomic mass is 16.2. The molecule has 0 heterocycles. The molecule has 0 spiro atoms. The second-order valence-corrected chi connectivity index (χ2v) is 1.76. The van der Waals surface area contributed by atoms with Crippen LogP contribution in [0.1, 0.15) is 0 Å². The number of hydrogen-bond acceptors (Lipinski definition) is 3. The predicted octanol–water partition coefficient (Wildman–Crippen LogP) is 0.609. The number of hydrazone groups is 1. The maximum absolute atomic E-state index is 7.00. The molecule has 0 aliphatic carbocycles. The number of anilines is 1. The van der Waals surface area contributed by atoms with Crippen molar-refractivity contribution in [2.24, 2.45) is 10.8 Å². The smallest absolute Gasteiger partial charge is 0.106 e. The van der Waals surface area contributed by atoms with E-state index in [1.807, 2.05) is 30.3 Å². The van der Waals surface area contributed by atoms with Crippen LogP contribution in [0.2, 0.25) is 0 Å². The van der Waals surface area contributed by atoms with Gasteiger partial charge in [0, 0.05) is 7.11 Å². The van der Waals surface area contributed by atoms with Crippen molar-refractivity contribution < 1.29 is 5.11 Å². The van der Waals surface area contributed by atoms with E-state index in [2.05, 4.69) is 10.5 Å². The Kier molecular flexibility index (Phi) is 6.58. The SMILES string of the molecule is CO.N/C=N\Nc1ccccc1.